The first-order valence-corrected chi connectivity index (χ1v) is 3.84. The summed E-state index contributed by atoms with van der Waals surface area (Å²) in [5.41, 5.74) is -0.134. The fourth-order valence-corrected chi connectivity index (χ4v) is 1.04. The summed E-state index contributed by atoms with van der Waals surface area (Å²) in [5, 5.41) is 0. The summed E-state index contributed by atoms with van der Waals surface area (Å²) >= 11 is 0. The van der Waals surface area contributed by atoms with Crippen LogP contribution in [0.3, 0.4) is 0 Å². The van der Waals surface area contributed by atoms with Crippen LogP contribution in [0.1, 0.15) is 5.82 Å². The zero-order valence-electron chi connectivity index (χ0n) is 6.84. The zero-order chi connectivity index (χ0) is 9.10. The standard InChI is InChI=1S/C8H8N4O/c13-8-1-2-10-7(11-8)5-12-4-3-9-6-12/h1-4,6H,5H2,(H,10,11,13). The van der Waals surface area contributed by atoms with Crippen LogP contribution in [0, 0.1) is 0 Å². The minimum Gasteiger partial charge on any atom is -0.330 e. The second-order valence-electron chi connectivity index (χ2n) is 2.62. The first-order valence-electron chi connectivity index (χ1n) is 3.84. The fraction of sp³-hybridized carbons (Fsp3) is 0.125. The first-order chi connectivity index (χ1) is 6.34. The lowest BCUT2D eigenvalue weighted by molar-refractivity contribution is 0.738. The van der Waals surface area contributed by atoms with Crippen LogP contribution in [-0.4, -0.2) is 19.5 Å². The van der Waals surface area contributed by atoms with Crippen LogP contribution in [0.4, 0.5) is 0 Å². The van der Waals surface area contributed by atoms with Gasteiger partial charge in [-0.3, -0.25) is 4.79 Å². The Labute approximate surface area is 74.1 Å². The topological polar surface area (TPSA) is 63.6 Å². The van der Waals surface area contributed by atoms with Gasteiger partial charge in [-0.05, 0) is 0 Å². The second kappa shape index (κ2) is 3.22. The van der Waals surface area contributed by atoms with Crippen LogP contribution in [-0.2, 0) is 6.54 Å². The molecule has 5 heteroatoms. The Morgan fingerprint density at radius 1 is 1.46 bits per heavy atom. The predicted octanol–water partition coefficient (Wildman–Crippen LogP) is 0.0147. The van der Waals surface area contributed by atoms with E-state index in [1.165, 1.54) is 12.3 Å². The molecule has 0 radical (unpaired) electrons. The van der Waals surface area contributed by atoms with Gasteiger partial charge in [0.1, 0.15) is 5.82 Å². The molecule has 0 saturated carbocycles. The lowest BCUT2D eigenvalue weighted by Crippen LogP contribution is -2.11. The van der Waals surface area contributed by atoms with Gasteiger partial charge in [-0.15, -0.1) is 0 Å². The van der Waals surface area contributed by atoms with Gasteiger partial charge in [0.15, 0.2) is 0 Å². The summed E-state index contributed by atoms with van der Waals surface area (Å²) < 4.78 is 1.83. The number of hydrogen-bond donors (Lipinski definition) is 1. The molecular weight excluding hydrogens is 168 g/mol. The van der Waals surface area contributed by atoms with E-state index in [2.05, 4.69) is 15.0 Å². The average Bonchev–Trinajstić information content (AvgIpc) is 2.57. The molecule has 0 atom stereocenters. The van der Waals surface area contributed by atoms with E-state index in [0.29, 0.717) is 12.4 Å². The molecule has 0 aliphatic carbocycles. The normalized spacial score (nSPS) is 10.2. The molecule has 66 valence electrons. The van der Waals surface area contributed by atoms with Crippen molar-refractivity contribution in [3.63, 3.8) is 0 Å². The van der Waals surface area contributed by atoms with E-state index < -0.39 is 0 Å². The van der Waals surface area contributed by atoms with Gasteiger partial charge in [0, 0.05) is 24.7 Å². The number of nitrogens with one attached hydrogen (secondary N) is 1. The van der Waals surface area contributed by atoms with Crippen molar-refractivity contribution in [2.75, 3.05) is 0 Å². The Balaban J connectivity index is 2.24. The van der Waals surface area contributed by atoms with Crippen LogP contribution in [0.2, 0.25) is 0 Å². The van der Waals surface area contributed by atoms with Crippen LogP contribution in [0.25, 0.3) is 0 Å². The van der Waals surface area contributed by atoms with Gasteiger partial charge in [-0.2, -0.15) is 0 Å². The minimum absolute atomic E-state index is 0.134. The molecule has 0 aliphatic rings. The van der Waals surface area contributed by atoms with E-state index in [9.17, 15) is 4.79 Å². The number of imidazole rings is 1. The summed E-state index contributed by atoms with van der Waals surface area (Å²) in [6.45, 7) is 0.538. The largest absolute Gasteiger partial charge is 0.330 e. The van der Waals surface area contributed by atoms with Gasteiger partial charge >= 0.3 is 0 Å². The third kappa shape index (κ3) is 1.81. The van der Waals surface area contributed by atoms with Crippen molar-refractivity contribution in [2.24, 2.45) is 0 Å². The number of aromatic nitrogens is 4. The third-order valence-electron chi connectivity index (χ3n) is 1.62. The maximum Gasteiger partial charge on any atom is 0.250 e. The molecule has 0 aromatic carbocycles. The SMILES string of the molecule is O=c1ccnc(Cn2ccnc2)[nH]1. The van der Waals surface area contributed by atoms with Crippen molar-refractivity contribution in [1.29, 1.82) is 0 Å². The molecule has 13 heavy (non-hydrogen) atoms. The Morgan fingerprint density at radius 3 is 3.08 bits per heavy atom. The summed E-state index contributed by atoms with van der Waals surface area (Å²) in [6, 6.07) is 1.39. The molecule has 0 aliphatic heterocycles. The molecule has 5 nitrogen and oxygen atoms in total. The molecule has 2 aromatic heterocycles. The maximum absolute atomic E-state index is 10.9. The highest BCUT2D eigenvalue weighted by Gasteiger charge is 1.95. The average molecular weight is 176 g/mol. The highest BCUT2D eigenvalue weighted by Crippen LogP contribution is 1.91. The van der Waals surface area contributed by atoms with E-state index in [4.69, 9.17) is 0 Å². The van der Waals surface area contributed by atoms with Crippen LogP contribution < -0.4 is 5.56 Å². The van der Waals surface area contributed by atoms with E-state index in [-0.39, 0.29) is 5.56 Å². The number of hydrogen-bond acceptors (Lipinski definition) is 3. The van der Waals surface area contributed by atoms with Crippen molar-refractivity contribution < 1.29 is 0 Å². The molecule has 2 aromatic rings. The highest BCUT2D eigenvalue weighted by atomic mass is 16.1. The Bertz CT molecular complexity index is 431. The Morgan fingerprint density at radius 2 is 2.38 bits per heavy atom. The number of nitrogens with zero attached hydrogens (tertiary/aromatic N) is 3. The molecule has 0 saturated heterocycles. The molecule has 2 heterocycles. The molecule has 0 unspecified atom stereocenters. The van der Waals surface area contributed by atoms with Crippen LogP contribution in [0.15, 0.2) is 35.8 Å². The number of H-pyrrole nitrogens is 1. The third-order valence-corrected chi connectivity index (χ3v) is 1.62. The Hall–Kier alpha value is -1.91. The van der Waals surface area contributed by atoms with E-state index >= 15 is 0 Å². The maximum atomic E-state index is 10.9. The molecule has 0 bridgehead atoms. The van der Waals surface area contributed by atoms with Gasteiger partial charge in [0.05, 0.1) is 12.9 Å². The summed E-state index contributed by atoms with van der Waals surface area (Å²) in [5.74, 6) is 0.630. The van der Waals surface area contributed by atoms with Gasteiger partial charge in [-0.25, -0.2) is 9.97 Å². The zero-order valence-corrected chi connectivity index (χ0v) is 6.84. The summed E-state index contributed by atoms with van der Waals surface area (Å²) in [4.78, 5) is 21.4. The first kappa shape index (κ1) is 7.72. The van der Waals surface area contributed by atoms with Crippen LogP contribution in [0.5, 0.6) is 0 Å². The van der Waals surface area contributed by atoms with Gasteiger partial charge in [0.25, 0.3) is 5.56 Å². The van der Waals surface area contributed by atoms with Crippen molar-refractivity contribution in [2.45, 2.75) is 6.54 Å². The smallest absolute Gasteiger partial charge is 0.250 e. The summed E-state index contributed by atoms with van der Waals surface area (Å²) in [6.07, 6.45) is 6.66. The fourth-order valence-electron chi connectivity index (χ4n) is 1.04. The van der Waals surface area contributed by atoms with Crippen molar-refractivity contribution in [3.8, 4) is 0 Å². The molecule has 2 rings (SSSR count). The highest BCUT2D eigenvalue weighted by molar-refractivity contribution is 4.91. The van der Waals surface area contributed by atoms with Crippen molar-refractivity contribution in [1.82, 2.24) is 19.5 Å². The van der Waals surface area contributed by atoms with E-state index in [1.807, 2.05) is 10.8 Å². The lowest BCUT2D eigenvalue weighted by Gasteiger charge is -1.99. The Kier molecular flexibility index (Phi) is 1.91. The van der Waals surface area contributed by atoms with Crippen molar-refractivity contribution in [3.05, 3.63) is 47.2 Å². The van der Waals surface area contributed by atoms with Crippen LogP contribution >= 0.6 is 0 Å². The molecular formula is C8H8N4O. The quantitative estimate of drug-likeness (QED) is 0.701. The lowest BCUT2D eigenvalue weighted by atomic mass is 10.5. The predicted molar refractivity (Wildman–Crippen MR) is 46.2 cm³/mol. The van der Waals surface area contributed by atoms with Gasteiger partial charge in [0.2, 0.25) is 0 Å². The summed E-state index contributed by atoms with van der Waals surface area (Å²) in [7, 11) is 0. The monoisotopic (exact) mass is 176 g/mol. The second-order valence-corrected chi connectivity index (χ2v) is 2.62. The molecule has 0 fully saturated rings. The van der Waals surface area contributed by atoms with Gasteiger partial charge < -0.3 is 9.55 Å². The molecule has 0 spiro atoms. The van der Waals surface area contributed by atoms with E-state index in [1.54, 1.807) is 12.5 Å². The van der Waals surface area contributed by atoms with Crippen molar-refractivity contribution >= 4 is 0 Å². The number of rotatable bonds is 2. The molecule has 0 amide bonds. The number of aromatic amines is 1. The minimum atomic E-state index is -0.134. The van der Waals surface area contributed by atoms with E-state index in [0.717, 1.165) is 0 Å². The van der Waals surface area contributed by atoms with Gasteiger partial charge in [-0.1, -0.05) is 0 Å². The molecule has 1 N–H and O–H groups in total.